The molecule has 0 fully saturated rings. The topological polar surface area (TPSA) is 64.4 Å². The molecule has 1 amide bonds. The SMILES string of the molecule is COc1c(Cl)cc(Cl)cc1C(=O)Nc1cccc(-c2nc3cc(Cl)cc(Cl)c3o2)c1. The van der Waals surface area contributed by atoms with Crippen molar-refractivity contribution < 1.29 is 13.9 Å². The van der Waals surface area contributed by atoms with Gasteiger partial charge in [0.25, 0.3) is 5.91 Å². The summed E-state index contributed by atoms with van der Waals surface area (Å²) in [6.07, 6.45) is 0. The Morgan fingerprint density at radius 3 is 2.50 bits per heavy atom. The minimum Gasteiger partial charge on any atom is -0.494 e. The van der Waals surface area contributed by atoms with E-state index in [0.717, 1.165) is 0 Å². The number of hydrogen-bond acceptors (Lipinski definition) is 4. The van der Waals surface area contributed by atoms with Crippen molar-refractivity contribution in [1.29, 1.82) is 0 Å². The Morgan fingerprint density at radius 1 is 1.00 bits per heavy atom. The molecule has 0 unspecified atom stereocenters. The monoisotopic (exact) mass is 480 g/mol. The Balaban J connectivity index is 1.67. The van der Waals surface area contributed by atoms with Crippen molar-refractivity contribution >= 4 is 69.1 Å². The third kappa shape index (κ3) is 4.07. The van der Waals surface area contributed by atoms with Gasteiger partial charge in [-0.05, 0) is 42.5 Å². The third-order valence-electron chi connectivity index (χ3n) is 4.23. The normalized spacial score (nSPS) is 11.0. The molecule has 4 rings (SSSR count). The van der Waals surface area contributed by atoms with Gasteiger partial charge in [-0.1, -0.05) is 52.5 Å². The van der Waals surface area contributed by atoms with Gasteiger partial charge in [0.1, 0.15) is 11.3 Å². The standard InChI is InChI=1S/C21H12Cl4N2O3/c1-29-18-14(6-11(22)7-15(18)24)20(28)26-13-4-2-3-10(5-13)21-27-17-9-12(23)8-16(25)19(17)30-21/h2-9H,1H3,(H,26,28). The quantitative estimate of drug-likeness (QED) is 0.330. The average Bonchev–Trinajstić information content (AvgIpc) is 3.12. The van der Waals surface area contributed by atoms with Crippen LogP contribution in [0.15, 0.2) is 52.9 Å². The molecule has 9 heteroatoms. The lowest BCUT2D eigenvalue weighted by molar-refractivity contribution is 0.102. The highest BCUT2D eigenvalue weighted by Crippen LogP contribution is 2.34. The van der Waals surface area contributed by atoms with Gasteiger partial charge in [0.2, 0.25) is 5.89 Å². The summed E-state index contributed by atoms with van der Waals surface area (Å²) in [7, 11) is 1.43. The molecule has 0 atom stereocenters. The van der Waals surface area contributed by atoms with Gasteiger partial charge < -0.3 is 14.5 Å². The lowest BCUT2D eigenvalue weighted by Gasteiger charge is -2.12. The molecule has 0 saturated heterocycles. The number of halogens is 4. The van der Waals surface area contributed by atoms with E-state index < -0.39 is 5.91 Å². The second kappa shape index (κ2) is 8.36. The van der Waals surface area contributed by atoms with E-state index >= 15 is 0 Å². The van der Waals surface area contributed by atoms with Crippen LogP contribution >= 0.6 is 46.4 Å². The first kappa shape index (κ1) is 20.8. The van der Waals surface area contributed by atoms with Gasteiger partial charge in [-0.15, -0.1) is 0 Å². The minimum absolute atomic E-state index is 0.212. The fourth-order valence-electron chi connectivity index (χ4n) is 2.95. The van der Waals surface area contributed by atoms with Gasteiger partial charge in [0, 0.05) is 21.3 Å². The van der Waals surface area contributed by atoms with E-state index in [2.05, 4.69) is 10.3 Å². The molecule has 0 bridgehead atoms. The number of hydrogen-bond donors (Lipinski definition) is 1. The molecule has 30 heavy (non-hydrogen) atoms. The van der Waals surface area contributed by atoms with Gasteiger partial charge in [-0.25, -0.2) is 4.98 Å². The maximum Gasteiger partial charge on any atom is 0.259 e. The lowest BCUT2D eigenvalue weighted by Crippen LogP contribution is -2.13. The second-order valence-corrected chi connectivity index (χ2v) is 7.95. The summed E-state index contributed by atoms with van der Waals surface area (Å²) >= 11 is 24.4. The molecule has 1 heterocycles. The first-order valence-corrected chi connectivity index (χ1v) is 10.1. The van der Waals surface area contributed by atoms with Crippen LogP contribution in [0.25, 0.3) is 22.6 Å². The molecule has 3 aromatic carbocycles. The van der Waals surface area contributed by atoms with E-state index in [1.807, 2.05) is 0 Å². The van der Waals surface area contributed by atoms with E-state index in [1.165, 1.54) is 19.2 Å². The Bertz CT molecular complexity index is 1290. The van der Waals surface area contributed by atoms with Crippen LogP contribution in [0.1, 0.15) is 10.4 Å². The molecule has 0 spiro atoms. The summed E-state index contributed by atoms with van der Waals surface area (Å²) in [5, 5.41) is 4.19. The first-order chi connectivity index (χ1) is 14.4. The van der Waals surface area contributed by atoms with Crippen LogP contribution in [0.4, 0.5) is 5.69 Å². The zero-order valence-electron chi connectivity index (χ0n) is 15.3. The molecule has 0 aliphatic carbocycles. The van der Waals surface area contributed by atoms with Gasteiger partial charge in [-0.3, -0.25) is 4.79 Å². The fourth-order valence-corrected chi connectivity index (χ4v) is 4.04. The lowest BCUT2D eigenvalue weighted by atomic mass is 10.1. The summed E-state index contributed by atoms with van der Waals surface area (Å²) < 4.78 is 11.0. The number of rotatable bonds is 4. The Kier molecular flexibility index (Phi) is 5.80. The Hall–Kier alpha value is -2.44. The number of benzene rings is 3. The van der Waals surface area contributed by atoms with Crippen LogP contribution in [0.3, 0.4) is 0 Å². The molecular formula is C21H12Cl4N2O3. The molecule has 5 nitrogen and oxygen atoms in total. The average molecular weight is 482 g/mol. The molecule has 0 aliphatic rings. The highest BCUT2D eigenvalue weighted by Gasteiger charge is 2.18. The smallest absolute Gasteiger partial charge is 0.259 e. The number of ether oxygens (including phenoxy) is 1. The van der Waals surface area contributed by atoms with Crippen molar-refractivity contribution in [3.63, 3.8) is 0 Å². The van der Waals surface area contributed by atoms with Crippen molar-refractivity contribution in [2.24, 2.45) is 0 Å². The van der Waals surface area contributed by atoms with E-state index in [4.69, 9.17) is 55.6 Å². The van der Waals surface area contributed by atoms with Crippen LogP contribution in [-0.4, -0.2) is 18.0 Å². The summed E-state index contributed by atoms with van der Waals surface area (Å²) in [4.78, 5) is 17.2. The number of aromatic nitrogens is 1. The number of nitrogens with zero attached hydrogens (tertiary/aromatic N) is 1. The van der Waals surface area contributed by atoms with Crippen LogP contribution < -0.4 is 10.1 Å². The highest BCUT2D eigenvalue weighted by molar-refractivity contribution is 6.38. The number of carbonyl (C=O) groups is 1. The molecule has 0 saturated carbocycles. The number of anilines is 1. The van der Waals surface area contributed by atoms with Crippen molar-refractivity contribution in [3.8, 4) is 17.2 Å². The largest absolute Gasteiger partial charge is 0.494 e. The summed E-state index contributed by atoms with van der Waals surface area (Å²) in [5.41, 5.74) is 2.34. The van der Waals surface area contributed by atoms with E-state index in [9.17, 15) is 4.79 Å². The van der Waals surface area contributed by atoms with Crippen molar-refractivity contribution in [3.05, 3.63) is 74.2 Å². The number of fused-ring (bicyclic) bond motifs is 1. The number of carbonyl (C=O) groups excluding carboxylic acids is 1. The fraction of sp³-hybridized carbons (Fsp3) is 0.0476. The van der Waals surface area contributed by atoms with Crippen LogP contribution in [-0.2, 0) is 0 Å². The third-order valence-corrected chi connectivity index (χ3v) is 5.23. The Morgan fingerprint density at radius 2 is 1.73 bits per heavy atom. The second-order valence-electron chi connectivity index (χ2n) is 6.26. The summed E-state index contributed by atoms with van der Waals surface area (Å²) in [6.45, 7) is 0. The molecule has 1 N–H and O–H groups in total. The summed E-state index contributed by atoms with van der Waals surface area (Å²) in [6, 6.07) is 13.2. The van der Waals surface area contributed by atoms with Gasteiger partial charge in [0.15, 0.2) is 5.58 Å². The van der Waals surface area contributed by atoms with E-state index in [-0.39, 0.29) is 16.3 Å². The van der Waals surface area contributed by atoms with Crippen LogP contribution in [0.5, 0.6) is 5.75 Å². The van der Waals surface area contributed by atoms with Crippen molar-refractivity contribution in [2.45, 2.75) is 0 Å². The zero-order valence-corrected chi connectivity index (χ0v) is 18.3. The number of amides is 1. The van der Waals surface area contributed by atoms with Gasteiger partial charge >= 0.3 is 0 Å². The van der Waals surface area contributed by atoms with E-state index in [0.29, 0.717) is 43.3 Å². The molecular weight excluding hydrogens is 470 g/mol. The van der Waals surface area contributed by atoms with Crippen LogP contribution in [0, 0.1) is 0 Å². The van der Waals surface area contributed by atoms with E-state index in [1.54, 1.807) is 36.4 Å². The molecule has 0 aliphatic heterocycles. The first-order valence-electron chi connectivity index (χ1n) is 8.56. The summed E-state index contributed by atoms with van der Waals surface area (Å²) in [5.74, 6) is 0.148. The zero-order chi connectivity index (χ0) is 21.4. The molecule has 0 radical (unpaired) electrons. The number of nitrogens with one attached hydrogen (secondary N) is 1. The van der Waals surface area contributed by atoms with Crippen LogP contribution in [0.2, 0.25) is 20.1 Å². The number of oxazole rings is 1. The molecule has 152 valence electrons. The Labute approximate surface area is 191 Å². The predicted molar refractivity (Wildman–Crippen MR) is 120 cm³/mol. The molecule has 4 aromatic rings. The van der Waals surface area contributed by atoms with Crippen molar-refractivity contribution in [1.82, 2.24) is 4.98 Å². The van der Waals surface area contributed by atoms with Crippen molar-refractivity contribution in [2.75, 3.05) is 12.4 Å². The predicted octanol–water partition coefficient (Wildman–Crippen LogP) is 7.37. The number of methoxy groups -OCH3 is 1. The van der Waals surface area contributed by atoms with Gasteiger partial charge in [-0.2, -0.15) is 0 Å². The molecule has 1 aromatic heterocycles. The van der Waals surface area contributed by atoms with Gasteiger partial charge in [0.05, 0.1) is 22.7 Å². The maximum atomic E-state index is 12.8. The highest BCUT2D eigenvalue weighted by atomic mass is 35.5. The maximum absolute atomic E-state index is 12.8. The minimum atomic E-state index is -0.430.